The number of nitrogens with zero attached hydrogens (tertiary/aromatic N) is 2. The van der Waals surface area contributed by atoms with Gasteiger partial charge in [-0.25, -0.2) is 9.59 Å². The summed E-state index contributed by atoms with van der Waals surface area (Å²) >= 11 is 0. The fourth-order valence-corrected chi connectivity index (χ4v) is 3.04. The number of urea groups is 1. The second-order valence-corrected chi connectivity index (χ2v) is 8.13. The molecule has 11 nitrogen and oxygen atoms in total. The molecule has 1 aliphatic rings. The van der Waals surface area contributed by atoms with Crippen LogP contribution in [0.5, 0.6) is 0 Å². The Bertz CT molecular complexity index is 910. The molecule has 4 amide bonds. The lowest BCUT2D eigenvalue weighted by Crippen LogP contribution is -2.58. The van der Waals surface area contributed by atoms with Gasteiger partial charge in [-0.1, -0.05) is 12.1 Å². The number of carbonyl (C=O) groups excluding carboxylic acids is 4. The Labute approximate surface area is 185 Å². The van der Waals surface area contributed by atoms with E-state index in [1.165, 1.54) is 17.0 Å². The van der Waals surface area contributed by atoms with Crippen LogP contribution in [-0.2, 0) is 23.9 Å². The molecule has 0 spiro atoms. The second kappa shape index (κ2) is 10.1. The minimum absolute atomic E-state index is 0.0337. The summed E-state index contributed by atoms with van der Waals surface area (Å²) in [6, 6.07) is 3.69. The Hall–Kier alpha value is -3.63. The van der Waals surface area contributed by atoms with Gasteiger partial charge in [-0.3, -0.25) is 19.3 Å². The third-order valence-electron chi connectivity index (χ3n) is 4.53. The maximum absolute atomic E-state index is 12.6. The Balaban J connectivity index is 2.09. The molecule has 1 fully saturated rings. The third kappa shape index (κ3) is 6.43. The highest BCUT2D eigenvalue weighted by atomic mass is 16.6. The predicted molar refractivity (Wildman–Crippen MR) is 114 cm³/mol. The quantitative estimate of drug-likeness (QED) is 0.413. The normalized spacial score (nSPS) is 15.2. The molecule has 11 heteroatoms. The lowest BCUT2D eigenvalue weighted by molar-refractivity contribution is -0.153. The Kier molecular flexibility index (Phi) is 7.79. The van der Waals surface area contributed by atoms with Crippen molar-refractivity contribution in [2.45, 2.75) is 39.3 Å². The molecule has 0 aliphatic carbocycles. The first-order valence-electron chi connectivity index (χ1n) is 10.1. The zero-order valence-corrected chi connectivity index (χ0v) is 18.5. The largest absolute Gasteiger partial charge is 0.479 e. The van der Waals surface area contributed by atoms with Crippen LogP contribution in [0.2, 0.25) is 0 Å². The Morgan fingerprint density at radius 1 is 1.16 bits per heavy atom. The molecule has 32 heavy (non-hydrogen) atoms. The van der Waals surface area contributed by atoms with Crippen LogP contribution in [0.4, 0.5) is 10.5 Å². The number of imide groups is 1. The molecule has 0 unspecified atom stereocenters. The molecule has 3 N–H and O–H groups in total. The number of likely N-dealkylation sites (N-methyl/N-ethyl adjacent to an activating group) is 1. The van der Waals surface area contributed by atoms with Crippen LogP contribution >= 0.6 is 0 Å². The third-order valence-corrected chi connectivity index (χ3v) is 4.53. The Morgan fingerprint density at radius 2 is 1.84 bits per heavy atom. The van der Waals surface area contributed by atoms with Gasteiger partial charge in [-0.05, 0) is 45.4 Å². The van der Waals surface area contributed by atoms with E-state index in [-0.39, 0.29) is 25.2 Å². The van der Waals surface area contributed by atoms with Crippen LogP contribution in [0.1, 0.15) is 39.3 Å². The minimum atomic E-state index is -1.47. The molecular weight excluding hydrogens is 420 g/mol. The first-order chi connectivity index (χ1) is 14.9. The summed E-state index contributed by atoms with van der Waals surface area (Å²) in [4.78, 5) is 62.5. The molecule has 1 aliphatic heterocycles. The lowest BCUT2D eigenvalue weighted by Gasteiger charge is -2.32. The van der Waals surface area contributed by atoms with Crippen molar-refractivity contribution in [2.75, 3.05) is 31.5 Å². The van der Waals surface area contributed by atoms with Gasteiger partial charge < -0.3 is 25.4 Å². The number of benzene rings is 1. The van der Waals surface area contributed by atoms with Crippen molar-refractivity contribution in [1.82, 2.24) is 15.1 Å². The maximum atomic E-state index is 12.6. The molecule has 0 bridgehead atoms. The van der Waals surface area contributed by atoms with Gasteiger partial charge in [0, 0.05) is 25.3 Å². The highest BCUT2D eigenvalue weighted by Crippen LogP contribution is 2.19. The summed E-state index contributed by atoms with van der Waals surface area (Å²) in [6.45, 7) is 7.28. The number of anilines is 1. The van der Waals surface area contributed by atoms with Gasteiger partial charge in [0.1, 0.15) is 12.1 Å². The van der Waals surface area contributed by atoms with E-state index in [0.717, 1.165) is 0 Å². The number of hydrogen-bond acceptors (Lipinski definition) is 7. The number of nitrogens with one attached hydrogen (secondary N) is 2. The maximum Gasteiger partial charge on any atom is 0.330 e. The van der Waals surface area contributed by atoms with E-state index in [0.29, 0.717) is 17.1 Å². The molecule has 174 valence electrons. The van der Waals surface area contributed by atoms with Gasteiger partial charge in [0.05, 0.1) is 0 Å². The van der Waals surface area contributed by atoms with Gasteiger partial charge in [0.2, 0.25) is 0 Å². The average molecular weight is 448 g/mol. The van der Waals surface area contributed by atoms with Crippen molar-refractivity contribution in [2.24, 2.45) is 0 Å². The summed E-state index contributed by atoms with van der Waals surface area (Å²) < 4.78 is 5.21. The van der Waals surface area contributed by atoms with Crippen LogP contribution < -0.4 is 10.6 Å². The molecule has 0 saturated carbocycles. The number of esters is 1. The molecule has 1 heterocycles. The number of hydrogen-bond donors (Lipinski definition) is 3. The highest BCUT2D eigenvalue weighted by molar-refractivity contribution is 6.38. The van der Waals surface area contributed by atoms with Crippen LogP contribution in [0.25, 0.3) is 0 Å². The summed E-state index contributed by atoms with van der Waals surface area (Å²) in [7, 11) is 0. The number of rotatable bonds is 7. The van der Waals surface area contributed by atoms with E-state index in [1.807, 2.05) is 0 Å². The lowest BCUT2D eigenvalue weighted by atomic mass is 10.1. The SMILES string of the molecule is CCN1CCN(C(=O)N[C@@H](C(=O)O)c2cccc(NCC(=O)OC(C)(C)C)c2)C(=O)C1=O. The molecule has 2 rings (SSSR count). The molecule has 0 aromatic heterocycles. The number of carboxylic acids is 1. The number of piperazine rings is 1. The van der Waals surface area contributed by atoms with Crippen LogP contribution in [0.15, 0.2) is 24.3 Å². The number of carbonyl (C=O) groups is 5. The molecule has 1 aromatic rings. The van der Waals surface area contributed by atoms with Gasteiger partial charge in [-0.15, -0.1) is 0 Å². The summed E-state index contributed by atoms with van der Waals surface area (Å²) in [5.74, 6) is -3.66. The van der Waals surface area contributed by atoms with Crippen LogP contribution in [-0.4, -0.2) is 76.5 Å². The van der Waals surface area contributed by atoms with Crippen molar-refractivity contribution >= 4 is 35.5 Å². The summed E-state index contributed by atoms with van der Waals surface area (Å²) in [6.07, 6.45) is 0. The van der Waals surface area contributed by atoms with Gasteiger partial charge >= 0.3 is 29.8 Å². The van der Waals surface area contributed by atoms with E-state index < -0.39 is 41.4 Å². The van der Waals surface area contributed by atoms with Crippen molar-refractivity contribution in [3.63, 3.8) is 0 Å². The summed E-state index contributed by atoms with van der Waals surface area (Å²) in [5.41, 5.74) is 0.0171. The van der Waals surface area contributed by atoms with E-state index in [1.54, 1.807) is 39.8 Å². The van der Waals surface area contributed by atoms with Gasteiger partial charge in [-0.2, -0.15) is 0 Å². The monoisotopic (exact) mass is 448 g/mol. The zero-order chi connectivity index (χ0) is 24.1. The van der Waals surface area contributed by atoms with Gasteiger partial charge in [0.15, 0.2) is 6.04 Å². The highest BCUT2D eigenvalue weighted by Gasteiger charge is 2.37. The summed E-state index contributed by atoms with van der Waals surface area (Å²) in [5, 5.41) is 14.8. The fourth-order valence-electron chi connectivity index (χ4n) is 3.04. The molecule has 1 atom stereocenters. The second-order valence-electron chi connectivity index (χ2n) is 8.13. The number of amides is 4. The fraction of sp³-hybridized carbons (Fsp3) is 0.476. The van der Waals surface area contributed by atoms with Crippen molar-refractivity contribution in [3.05, 3.63) is 29.8 Å². The first kappa shape index (κ1) is 24.6. The standard InChI is InChI=1S/C21H28N4O7/c1-5-24-9-10-25(18(28)17(24)27)20(31)23-16(19(29)30)13-7-6-8-14(11-13)22-12-15(26)32-21(2,3)4/h6-8,11,16,22H,5,9-10,12H2,1-4H3,(H,23,31)(H,29,30)/t16-/m1/s1. The number of carboxylic acid groups (broad SMARTS) is 1. The average Bonchev–Trinajstić information content (AvgIpc) is 2.71. The van der Waals surface area contributed by atoms with Crippen molar-refractivity contribution in [3.8, 4) is 0 Å². The van der Waals surface area contributed by atoms with E-state index in [2.05, 4.69) is 10.6 Å². The molecule has 0 radical (unpaired) electrons. The van der Waals surface area contributed by atoms with E-state index >= 15 is 0 Å². The minimum Gasteiger partial charge on any atom is -0.479 e. The Morgan fingerprint density at radius 3 is 2.44 bits per heavy atom. The van der Waals surface area contributed by atoms with Crippen molar-refractivity contribution < 1.29 is 33.8 Å². The van der Waals surface area contributed by atoms with Crippen LogP contribution in [0.3, 0.4) is 0 Å². The number of ether oxygens (including phenoxy) is 1. The molecular formula is C21H28N4O7. The van der Waals surface area contributed by atoms with E-state index in [4.69, 9.17) is 4.74 Å². The molecule has 1 aromatic carbocycles. The predicted octanol–water partition coefficient (Wildman–Crippen LogP) is 0.966. The van der Waals surface area contributed by atoms with Gasteiger partial charge in [0.25, 0.3) is 0 Å². The van der Waals surface area contributed by atoms with Crippen molar-refractivity contribution in [1.29, 1.82) is 0 Å². The topological polar surface area (TPSA) is 145 Å². The van der Waals surface area contributed by atoms with Crippen LogP contribution in [0, 0.1) is 0 Å². The number of aliphatic carboxylic acids is 1. The zero-order valence-electron chi connectivity index (χ0n) is 18.5. The smallest absolute Gasteiger partial charge is 0.330 e. The van der Waals surface area contributed by atoms with E-state index in [9.17, 15) is 29.1 Å². The first-order valence-corrected chi connectivity index (χ1v) is 10.1. The molecule has 1 saturated heterocycles.